The van der Waals surface area contributed by atoms with Crippen molar-refractivity contribution in [1.82, 2.24) is 19.7 Å². The second-order valence-electron chi connectivity index (χ2n) is 10.9. The summed E-state index contributed by atoms with van der Waals surface area (Å²) in [6.45, 7) is 2.10. The zero-order chi connectivity index (χ0) is 23.8. The topological polar surface area (TPSA) is 72.7 Å². The maximum atomic E-state index is 13.8. The number of rotatable bonds is 4. The number of nitrogens with one attached hydrogen (secondary N) is 1. The minimum Gasteiger partial charge on any atom is -0.326 e. The lowest BCUT2D eigenvalue weighted by atomic mass is 9.46. The molecule has 1 amide bonds. The number of aryl methyl sites for hydroxylation is 1. The zero-order valence-corrected chi connectivity index (χ0v) is 21.9. The zero-order valence-electron chi connectivity index (χ0n) is 19.5. The quantitative estimate of drug-likeness (QED) is 0.314. The molecule has 2 heterocycles. The van der Waals surface area contributed by atoms with E-state index in [0.717, 1.165) is 53.9 Å². The van der Waals surface area contributed by atoms with Crippen LogP contribution in [-0.2, 0) is 10.3 Å². The van der Waals surface area contributed by atoms with Gasteiger partial charge in [0.05, 0.1) is 21.2 Å². The number of aromatic nitrogens is 4. The van der Waals surface area contributed by atoms with Crippen molar-refractivity contribution in [2.24, 2.45) is 17.3 Å². The molecule has 4 fully saturated rings. The molecule has 8 rings (SSSR count). The molecule has 4 aliphatic carbocycles. The first-order chi connectivity index (χ1) is 16.9. The van der Waals surface area contributed by atoms with Crippen LogP contribution in [0, 0.1) is 24.2 Å². The molecular formula is C27H26BrN5OS. The summed E-state index contributed by atoms with van der Waals surface area (Å²) >= 11 is 5.11. The average molecular weight is 549 g/mol. The van der Waals surface area contributed by atoms with Gasteiger partial charge >= 0.3 is 0 Å². The van der Waals surface area contributed by atoms with E-state index >= 15 is 0 Å². The molecule has 0 spiro atoms. The highest BCUT2D eigenvalue weighted by atomic mass is 79.9. The van der Waals surface area contributed by atoms with Gasteiger partial charge in [-0.25, -0.2) is 14.6 Å². The smallest absolute Gasteiger partial charge is 0.230 e. The van der Waals surface area contributed by atoms with Gasteiger partial charge in [0.15, 0.2) is 0 Å². The van der Waals surface area contributed by atoms with Crippen molar-refractivity contribution in [2.45, 2.75) is 51.0 Å². The predicted octanol–water partition coefficient (Wildman–Crippen LogP) is 6.56. The molecule has 4 aliphatic rings. The van der Waals surface area contributed by atoms with Gasteiger partial charge in [0.2, 0.25) is 10.6 Å². The molecule has 1 N–H and O–H groups in total. The van der Waals surface area contributed by atoms with Crippen LogP contribution in [0.1, 0.15) is 44.1 Å². The normalized spacial score (nSPS) is 29.1. The fourth-order valence-corrected chi connectivity index (χ4v) is 8.67. The molecule has 4 bridgehead atoms. The van der Waals surface area contributed by atoms with Gasteiger partial charge in [0.25, 0.3) is 0 Å². The van der Waals surface area contributed by atoms with Crippen molar-refractivity contribution in [3.63, 3.8) is 0 Å². The lowest BCUT2D eigenvalue weighted by molar-refractivity contribution is -0.150. The summed E-state index contributed by atoms with van der Waals surface area (Å²) < 4.78 is 3.87. The van der Waals surface area contributed by atoms with E-state index in [1.807, 2.05) is 23.1 Å². The van der Waals surface area contributed by atoms with Gasteiger partial charge in [-0.1, -0.05) is 6.07 Å². The number of carbonyl (C=O) groups is 1. The van der Waals surface area contributed by atoms with Crippen molar-refractivity contribution in [3.05, 3.63) is 59.1 Å². The van der Waals surface area contributed by atoms with Crippen LogP contribution in [0.2, 0.25) is 0 Å². The Bertz CT molecular complexity index is 1440. The molecule has 0 saturated heterocycles. The number of thiazole rings is 1. The van der Waals surface area contributed by atoms with Gasteiger partial charge in [-0.15, -0.1) is 16.4 Å². The van der Waals surface area contributed by atoms with E-state index in [9.17, 15) is 4.79 Å². The van der Waals surface area contributed by atoms with E-state index in [1.165, 1.54) is 16.7 Å². The first kappa shape index (κ1) is 21.7. The summed E-state index contributed by atoms with van der Waals surface area (Å²) in [5, 5.41) is 8.90. The van der Waals surface area contributed by atoms with Gasteiger partial charge in [-0.05, 0) is 115 Å². The van der Waals surface area contributed by atoms with Crippen LogP contribution >= 0.6 is 27.3 Å². The fraction of sp³-hybridized carbons (Fsp3) is 0.407. The molecular weight excluding hydrogens is 522 g/mol. The van der Waals surface area contributed by atoms with Gasteiger partial charge in [-0.2, -0.15) is 0 Å². The highest BCUT2D eigenvalue weighted by molar-refractivity contribution is 9.10. The molecule has 6 nitrogen and oxygen atoms in total. The number of benzene rings is 2. The van der Waals surface area contributed by atoms with E-state index in [0.29, 0.717) is 16.6 Å². The summed E-state index contributed by atoms with van der Waals surface area (Å²) in [5.41, 5.74) is 3.79. The van der Waals surface area contributed by atoms with Crippen LogP contribution in [0.15, 0.2) is 53.5 Å². The molecule has 0 aliphatic heterocycles. The molecule has 4 saturated carbocycles. The third-order valence-corrected chi connectivity index (χ3v) is 9.83. The summed E-state index contributed by atoms with van der Waals surface area (Å²) in [7, 11) is 0. The van der Waals surface area contributed by atoms with Gasteiger partial charge in [0, 0.05) is 11.3 Å². The standard InChI is InChI=1S/C27H26BrN5OS/c1-16-2-7-21-22(8-16)35-23(31-21)19-3-5-20(6-4-19)30-24(34)26-10-17-9-18(11-26)13-27(12-17,14-26)33-15-29-25(28)32-33/h2-8,15,17-18H,9-14H2,1H3,(H,30,34). The van der Waals surface area contributed by atoms with Gasteiger partial charge in [-0.3, -0.25) is 4.79 Å². The summed E-state index contributed by atoms with van der Waals surface area (Å²) in [6, 6.07) is 14.5. The van der Waals surface area contributed by atoms with E-state index in [-0.39, 0.29) is 16.9 Å². The lowest BCUT2D eigenvalue weighted by Crippen LogP contribution is -2.60. The van der Waals surface area contributed by atoms with Crippen LogP contribution in [-0.4, -0.2) is 25.7 Å². The molecule has 8 heteroatoms. The van der Waals surface area contributed by atoms with Crippen LogP contribution in [0.4, 0.5) is 5.69 Å². The molecule has 178 valence electrons. The minimum absolute atomic E-state index is 0.0878. The SMILES string of the molecule is Cc1ccc2nc(-c3ccc(NC(=O)C45CC6CC(C4)CC(n4cnc(Br)n4)(C6)C5)cc3)sc2c1. The molecule has 35 heavy (non-hydrogen) atoms. The Hall–Kier alpha value is -2.58. The Labute approximate surface area is 216 Å². The largest absolute Gasteiger partial charge is 0.326 e. The number of nitrogens with zero attached hydrogens (tertiary/aromatic N) is 4. The number of fused-ring (bicyclic) bond motifs is 1. The maximum absolute atomic E-state index is 13.8. The molecule has 2 atom stereocenters. The highest BCUT2D eigenvalue weighted by Crippen LogP contribution is 2.64. The van der Waals surface area contributed by atoms with Crippen LogP contribution < -0.4 is 5.32 Å². The average Bonchev–Trinajstić information content (AvgIpc) is 3.45. The Morgan fingerprint density at radius 1 is 1.11 bits per heavy atom. The summed E-state index contributed by atoms with van der Waals surface area (Å²) in [4.78, 5) is 22.9. The van der Waals surface area contributed by atoms with Crippen molar-refractivity contribution in [1.29, 1.82) is 0 Å². The van der Waals surface area contributed by atoms with E-state index < -0.39 is 0 Å². The fourth-order valence-electron chi connectivity index (χ4n) is 7.33. The van der Waals surface area contributed by atoms with E-state index in [1.54, 1.807) is 11.3 Å². The first-order valence-corrected chi connectivity index (χ1v) is 13.9. The number of hydrogen-bond acceptors (Lipinski definition) is 5. The number of halogens is 1. The molecule has 4 aromatic rings. The Morgan fingerprint density at radius 2 is 1.89 bits per heavy atom. The summed E-state index contributed by atoms with van der Waals surface area (Å²) in [6.07, 6.45) is 8.09. The van der Waals surface area contributed by atoms with Gasteiger partial charge < -0.3 is 5.32 Å². The number of anilines is 1. The highest BCUT2D eigenvalue weighted by Gasteiger charge is 2.61. The van der Waals surface area contributed by atoms with Crippen LogP contribution in [0.3, 0.4) is 0 Å². The van der Waals surface area contributed by atoms with Crippen molar-refractivity contribution in [3.8, 4) is 10.6 Å². The molecule has 2 unspecified atom stereocenters. The maximum Gasteiger partial charge on any atom is 0.230 e. The first-order valence-electron chi connectivity index (χ1n) is 12.3. The molecule has 0 radical (unpaired) electrons. The molecule has 2 aromatic heterocycles. The minimum atomic E-state index is -0.327. The number of amides is 1. The van der Waals surface area contributed by atoms with Crippen LogP contribution in [0.25, 0.3) is 20.8 Å². The lowest BCUT2D eigenvalue weighted by Gasteiger charge is -2.60. The van der Waals surface area contributed by atoms with Crippen molar-refractivity contribution in [2.75, 3.05) is 5.32 Å². The Morgan fingerprint density at radius 3 is 2.60 bits per heavy atom. The van der Waals surface area contributed by atoms with Crippen molar-refractivity contribution < 1.29 is 4.79 Å². The second kappa shape index (κ2) is 7.71. The van der Waals surface area contributed by atoms with Gasteiger partial charge in [0.1, 0.15) is 11.3 Å². The van der Waals surface area contributed by atoms with E-state index in [4.69, 9.17) is 4.98 Å². The van der Waals surface area contributed by atoms with E-state index in [2.05, 4.69) is 68.6 Å². The second-order valence-corrected chi connectivity index (χ2v) is 12.7. The monoisotopic (exact) mass is 547 g/mol. The third-order valence-electron chi connectivity index (χ3n) is 8.40. The van der Waals surface area contributed by atoms with Crippen molar-refractivity contribution >= 4 is 49.1 Å². The van der Waals surface area contributed by atoms with Crippen LogP contribution in [0.5, 0.6) is 0 Å². The number of carbonyl (C=O) groups excluding carboxylic acids is 1. The molecule has 2 aromatic carbocycles. The summed E-state index contributed by atoms with van der Waals surface area (Å²) in [5.74, 6) is 1.32. The Kier molecular flexibility index (Phi) is 4.77. The number of hydrogen-bond donors (Lipinski definition) is 1. The third kappa shape index (κ3) is 3.56. The predicted molar refractivity (Wildman–Crippen MR) is 141 cm³/mol. The Balaban J connectivity index is 1.13.